The van der Waals surface area contributed by atoms with Crippen molar-refractivity contribution in [3.05, 3.63) is 146 Å². The van der Waals surface area contributed by atoms with Gasteiger partial charge in [-0.05, 0) is 103 Å². The van der Waals surface area contributed by atoms with Crippen LogP contribution in [0.15, 0.2) is 146 Å². The molecule has 0 aromatic carbocycles. The van der Waals surface area contributed by atoms with Crippen LogP contribution in [-0.4, -0.2) is 74.9 Å². The van der Waals surface area contributed by atoms with Crippen LogP contribution in [0.2, 0.25) is 0 Å². The van der Waals surface area contributed by atoms with Gasteiger partial charge >= 0.3 is 19.8 Å². The fourth-order valence-corrected chi connectivity index (χ4v) is 12.2. The summed E-state index contributed by atoms with van der Waals surface area (Å²) < 4.78 is 34.7. The first kappa shape index (κ1) is 94.9. The van der Waals surface area contributed by atoms with Gasteiger partial charge in [0, 0.05) is 12.8 Å². The quantitative estimate of drug-likeness (QED) is 0.0211. The Balaban J connectivity index is 4.07. The van der Waals surface area contributed by atoms with E-state index in [1.54, 1.807) is 0 Å². The maximum atomic E-state index is 12.9. The van der Waals surface area contributed by atoms with Crippen molar-refractivity contribution in [3.8, 4) is 0 Å². The van der Waals surface area contributed by atoms with Gasteiger partial charge in [0.15, 0.2) is 6.10 Å². The Labute approximate surface area is 612 Å². The van der Waals surface area contributed by atoms with E-state index >= 15 is 0 Å². The van der Waals surface area contributed by atoms with Crippen molar-refractivity contribution in [2.75, 3.05) is 47.5 Å². The highest BCUT2D eigenvalue weighted by Gasteiger charge is 2.27. The number of unbranched alkanes of at least 4 members (excludes halogenated alkanes) is 37. The van der Waals surface area contributed by atoms with Gasteiger partial charge < -0.3 is 18.9 Å². The molecule has 1 N–H and O–H groups in total. The normalized spacial score (nSPS) is 13.8. The minimum Gasteiger partial charge on any atom is -0.462 e. The van der Waals surface area contributed by atoms with Gasteiger partial charge in [0.2, 0.25) is 0 Å². The second-order valence-electron chi connectivity index (χ2n) is 28.4. The van der Waals surface area contributed by atoms with Gasteiger partial charge in [0.05, 0.1) is 27.7 Å². The van der Waals surface area contributed by atoms with Crippen LogP contribution >= 0.6 is 7.82 Å². The summed E-state index contributed by atoms with van der Waals surface area (Å²) in [6, 6.07) is 0. The van der Waals surface area contributed by atoms with Crippen molar-refractivity contribution >= 4 is 19.8 Å². The number of allylic oxidation sites excluding steroid dienone is 24. The lowest BCUT2D eigenvalue weighted by molar-refractivity contribution is -0.870. The van der Waals surface area contributed by atoms with Gasteiger partial charge in [-0.25, -0.2) is 4.57 Å². The zero-order valence-corrected chi connectivity index (χ0v) is 65.8. The molecule has 0 spiro atoms. The Morgan fingerprint density at radius 1 is 0.323 bits per heavy atom. The maximum absolute atomic E-state index is 12.9. The predicted octanol–water partition coefficient (Wildman–Crippen LogP) is 27.7. The molecule has 0 aliphatic carbocycles. The Hall–Kier alpha value is -4.11. The van der Waals surface area contributed by atoms with Crippen LogP contribution in [0, 0.1) is 0 Å². The van der Waals surface area contributed by atoms with Crippen LogP contribution < -0.4 is 0 Å². The van der Waals surface area contributed by atoms with Crippen molar-refractivity contribution in [1.82, 2.24) is 0 Å². The van der Waals surface area contributed by atoms with Crippen molar-refractivity contribution in [2.24, 2.45) is 0 Å². The Morgan fingerprint density at radius 2 is 0.576 bits per heavy atom. The molecule has 0 aromatic rings. The summed E-state index contributed by atoms with van der Waals surface area (Å²) in [5, 5.41) is 0. The van der Waals surface area contributed by atoms with E-state index in [1.165, 1.54) is 212 Å². The average molecular weight is 1400 g/mol. The van der Waals surface area contributed by atoms with E-state index < -0.39 is 26.5 Å². The molecule has 2 unspecified atom stereocenters. The topological polar surface area (TPSA) is 108 Å². The van der Waals surface area contributed by atoms with E-state index in [0.717, 1.165) is 109 Å². The highest BCUT2D eigenvalue weighted by Crippen LogP contribution is 2.43. The van der Waals surface area contributed by atoms with Crippen molar-refractivity contribution < 1.29 is 42.1 Å². The fraction of sp³-hybridized carbons (Fsp3) is 0.708. The highest BCUT2D eigenvalue weighted by atomic mass is 31.2. The lowest BCUT2D eigenvalue weighted by Crippen LogP contribution is -2.37. The molecular formula is C89H155NO8P+. The van der Waals surface area contributed by atoms with Crippen LogP contribution in [0.25, 0.3) is 0 Å². The van der Waals surface area contributed by atoms with E-state index in [2.05, 4.69) is 160 Å². The van der Waals surface area contributed by atoms with Crippen LogP contribution in [0.4, 0.5) is 0 Å². The molecule has 9 nitrogen and oxygen atoms in total. The number of rotatable bonds is 75. The summed E-state index contributed by atoms with van der Waals surface area (Å²) in [4.78, 5) is 36.0. The van der Waals surface area contributed by atoms with Gasteiger partial charge in [0.25, 0.3) is 0 Å². The van der Waals surface area contributed by atoms with Crippen molar-refractivity contribution in [1.29, 1.82) is 0 Å². The second kappa shape index (κ2) is 78.0. The van der Waals surface area contributed by atoms with Crippen LogP contribution in [-0.2, 0) is 32.7 Å². The smallest absolute Gasteiger partial charge is 0.462 e. The van der Waals surface area contributed by atoms with E-state index in [-0.39, 0.29) is 32.0 Å². The highest BCUT2D eigenvalue weighted by molar-refractivity contribution is 7.47. The number of carbonyl (C=O) groups is 2. The maximum Gasteiger partial charge on any atom is 0.472 e. The number of esters is 2. The molecule has 0 radical (unpaired) electrons. The summed E-state index contributed by atoms with van der Waals surface area (Å²) >= 11 is 0. The first-order chi connectivity index (χ1) is 48.5. The average Bonchev–Trinajstić information content (AvgIpc) is 0.989. The second-order valence-corrected chi connectivity index (χ2v) is 29.9. The molecule has 0 aliphatic rings. The lowest BCUT2D eigenvalue weighted by atomic mass is 10.0. The molecule has 99 heavy (non-hydrogen) atoms. The molecule has 2 atom stereocenters. The Morgan fingerprint density at radius 3 is 0.859 bits per heavy atom. The molecule has 0 saturated heterocycles. The van der Waals surface area contributed by atoms with E-state index in [4.69, 9.17) is 18.5 Å². The molecule has 0 amide bonds. The molecule has 0 fully saturated rings. The first-order valence-corrected chi connectivity index (χ1v) is 42.6. The lowest BCUT2D eigenvalue weighted by Gasteiger charge is -2.24. The van der Waals surface area contributed by atoms with Crippen molar-refractivity contribution in [3.63, 3.8) is 0 Å². The van der Waals surface area contributed by atoms with Crippen LogP contribution in [0.5, 0.6) is 0 Å². The number of likely N-dealkylation sites (N-methyl/N-ethyl adjacent to an activating group) is 1. The third-order valence-electron chi connectivity index (χ3n) is 17.6. The van der Waals surface area contributed by atoms with Crippen LogP contribution in [0.1, 0.15) is 354 Å². The summed E-state index contributed by atoms with van der Waals surface area (Å²) in [5.74, 6) is -0.845. The van der Waals surface area contributed by atoms with Gasteiger partial charge in [-0.3, -0.25) is 18.6 Å². The zero-order chi connectivity index (χ0) is 71.8. The predicted molar refractivity (Wildman–Crippen MR) is 431 cm³/mol. The monoisotopic (exact) mass is 1400 g/mol. The third-order valence-corrected chi connectivity index (χ3v) is 18.6. The molecule has 0 rings (SSSR count). The van der Waals surface area contributed by atoms with Gasteiger partial charge in [0.1, 0.15) is 19.8 Å². The molecule has 568 valence electrons. The number of phosphoric acid groups is 1. The summed E-state index contributed by atoms with van der Waals surface area (Å²) in [7, 11) is 1.44. The van der Waals surface area contributed by atoms with Gasteiger partial charge in [-0.15, -0.1) is 0 Å². The van der Waals surface area contributed by atoms with Crippen molar-refractivity contribution in [2.45, 2.75) is 360 Å². The van der Waals surface area contributed by atoms with E-state index in [1.807, 2.05) is 21.1 Å². The molecule has 0 bridgehead atoms. The van der Waals surface area contributed by atoms with E-state index in [0.29, 0.717) is 17.4 Å². The number of phosphoric ester groups is 1. The number of quaternary nitrogens is 1. The summed E-state index contributed by atoms with van der Waals surface area (Å²) in [5.41, 5.74) is 0. The first-order valence-electron chi connectivity index (χ1n) is 41.1. The molecule has 0 aliphatic heterocycles. The molecule has 10 heteroatoms. The van der Waals surface area contributed by atoms with Gasteiger partial charge in [-0.1, -0.05) is 384 Å². The minimum absolute atomic E-state index is 0.0172. The number of hydrogen-bond acceptors (Lipinski definition) is 7. The Kier molecular flexibility index (Phi) is 74.8. The number of ether oxygens (including phenoxy) is 2. The molecule has 0 heterocycles. The number of carbonyl (C=O) groups excluding carboxylic acids is 2. The molecular weight excluding hydrogens is 1240 g/mol. The van der Waals surface area contributed by atoms with E-state index in [9.17, 15) is 19.0 Å². The Bertz CT molecular complexity index is 2190. The largest absolute Gasteiger partial charge is 0.472 e. The molecule has 0 saturated carbocycles. The van der Waals surface area contributed by atoms with Gasteiger partial charge in [-0.2, -0.15) is 0 Å². The minimum atomic E-state index is -4.42. The molecule has 0 aromatic heterocycles. The number of hydrogen-bond donors (Lipinski definition) is 1. The zero-order valence-electron chi connectivity index (χ0n) is 64.9. The third kappa shape index (κ3) is 82.7. The standard InChI is InChI=1S/C89H154NO8P/c1-6-8-10-12-14-16-18-20-22-24-26-28-30-32-34-36-38-40-42-44-45-46-48-50-52-54-56-58-60-62-64-66-68-70-72-74-76-78-80-82-89(92)98-87(86-97-99(93,94)96-84-83-90(3,4)5)85-95-88(91)81-79-77-75-73-71-69-67-65-63-61-59-57-55-53-51-49-47-43-41-39-37-35-33-31-29-27-25-23-21-19-17-15-13-11-9-7-2/h8,10,14,16,20,22,26,28,32,34,38,40,44-45,48,50,54,56,60,62,66,68,72,74,87H,6-7,9,11-13,15,17-19,21,23-25,27,29-31,33,35-37,39,41-43,46-47,49,51-53,55,57-59,61,63-65,67,69-71,73,75-86H2,1-5H3/p+1/b10-8-,16-14-,22-20-,28-26-,34-32-,40-38-,45-44-,50-48-,56-54-,62-60-,68-66-,74-72-. The SMILES string of the molecule is CC/C=C\C/C=C\C/C=C\C/C=C\C/C=C\C/C=C\C/C=C\C/C=C\C/C=C\C/C=C\C/C=C\C/C=C\CCCCC(=O)OC(COC(=O)CCCCCCCCCCCCCCCCCCCCCCCCCCCCCCCCCCCCCC)COP(=O)(O)OCC[N+](C)(C)C. The summed E-state index contributed by atoms with van der Waals surface area (Å²) in [6.07, 6.45) is 116. The fourth-order valence-electron chi connectivity index (χ4n) is 11.4. The number of nitrogens with zero attached hydrogens (tertiary/aromatic N) is 1. The van der Waals surface area contributed by atoms with Crippen LogP contribution in [0.3, 0.4) is 0 Å². The summed E-state index contributed by atoms with van der Waals surface area (Å²) in [6.45, 7) is 4.30.